The summed E-state index contributed by atoms with van der Waals surface area (Å²) >= 11 is 12.1. The molecule has 0 spiro atoms. The van der Waals surface area contributed by atoms with Crippen molar-refractivity contribution in [2.75, 3.05) is 13.1 Å². The number of piperidine rings is 1. The van der Waals surface area contributed by atoms with E-state index in [1.165, 1.54) is 0 Å². The van der Waals surface area contributed by atoms with Crippen molar-refractivity contribution in [2.45, 2.75) is 31.7 Å². The van der Waals surface area contributed by atoms with Crippen molar-refractivity contribution in [3.8, 4) is 0 Å². The van der Waals surface area contributed by atoms with Crippen LogP contribution in [0.15, 0.2) is 30.5 Å². The van der Waals surface area contributed by atoms with Gasteiger partial charge in [0.15, 0.2) is 0 Å². The molecule has 7 heteroatoms. The molecule has 3 rings (SSSR count). The van der Waals surface area contributed by atoms with Crippen molar-refractivity contribution in [1.82, 2.24) is 20.4 Å². The van der Waals surface area contributed by atoms with Crippen LogP contribution >= 0.6 is 23.2 Å². The van der Waals surface area contributed by atoms with Crippen molar-refractivity contribution < 1.29 is 4.79 Å². The Morgan fingerprint density at radius 3 is 2.71 bits per heavy atom. The second-order valence-electron chi connectivity index (χ2n) is 6.11. The Labute approximate surface area is 151 Å². The molecule has 1 fully saturated rings. The number of H-pyrrole nitrogens is 1. The van der Waals surface area contributed by atoms with E-state index in [1.54, 1.807) is 18.3 Å². The maximum atomic E-state index is 12.5. The second kappa shape index (κ2) is 7.45. The molecule has 1 aliphatic heterocycles. The second-order valence-corrected chi connectivity index (χ2v) is 6.95. The number of urea groups is 1. The first-order chi connectivity index (χ1) is 11.5. The summed E-state index contributed by atoms with van der Waals surface area (Å²) in [5.74, 6) is 0.444. The van der Waals surface area contributed by atoms with Crippen LogP contribution in [0.4, 0.5) is 4.79 Å². The zero-order chi connectivity index (χ0) is 17.1. The molecule has 2 amide bonds. The van der Waals surface area contributed by atoms with Crippen LogP contribution < -0.4 is 5.32 Å². The number of nitrogens with zero attached hydrogens (tertiary/aromatic N) is 2. The van der Waals surface area contributed by atoms with E-state index in [4.69, 9.17) is 23.2 Å². The van der Waals surface area contributed by atoms with Gasteiger partial charge in [-0.05, 0) is 43.5 Å². The fourth-order valence-corrected chi connectivity index (χ4v) is 3.67. The van der Waals surface area contributed by atoms with Crippen LogP contribution in [-0.4, -0.2) is 34.2 Å². The van der Waals surface area contributed by atoms with Gasteiger partial charge in [-0.1, -0.05) is 29.3 Å². The molecule has 1 aromatic heterocycles. The highest BCUT2D eigenvalue weighted by Gasteiger charge is 2.25. The summed E-state index contributed by atoms with van der Waals surface area (Å²) in [6, 6.07) is 7.09. The molecule has 0 radical (unpaired) electrons. The normalized spacial score (nSPS) is 16.9. The fraction of sp³-hybridized carbons (Fsp3) is 0.412. The summed E-state index contributed by atoms with van der Waals surface area (Å²) in [5.41, 5.74) is 2.01. The minimum absolute atomic E-state index is 0.0587. The molecule has 5 nitrogen and oxygen atoms in total. The lowest BCUT2D eigenvalue weighted by atomic mass is 9.94. The van der Waals surface area contributed by atoms with Crippen molar-refractivity contribution in [3.05, 3.63) is 51.8 Å². The summed E-state index contributed by atoms with van der Waals surface area (Å²) in [4.78, 5) is 14.3. The summed E-state index contributed by atoms with van der Waals surface area (Å²) in [7, 11) is 0. The van der Waals surface area contributed by atoms with E-state index in [0.717, 1.165) is 37.2 Å². The van der Waals surface area contributed by atoms with E-state index in [1.807, 2.05) is 24.0 Å². The summed E-state index contributed by atoms with van der Waals surface area (Å²) in [6.45, 7) is 3.39. The zero-order valence-electron chi connectivity index (χ0n) is 13.4. The summed E-state index contributed by atoms with van der Waals surface area (Å²) in [5, 5.41) is 11.2. The Morgan fingerprint density at radius 2 is 2.08 bits per heavy atom. The van der Waals surface area contributed by atoms with E-state index < -0.39 is 0 Å². The van der Waals surface area contributed by atoms with Crippen molar-refractivity contribution >= 4 is 29.2 Å². The number of hydrogen-bond donors (Lipinski definition) is 2. The topological polar surface area (TPSA) is 61.0 Å². The van der Waals surface area contributed by atoms with Crippen molar-refractivity contribution in [2.24, 2.45) is 0 Å². The molecular weight excluding hydrogens is 347 g/mol. The lowest BCUT2D eigenvalue weighted by Gasteiger charge is -2.32. The lowest BCUT2D eigenvalue weighted by Crippen LogP contribution is -2.44. The number of aromatic nitrogens is 2. The molecule has 0 aliphatic carbocycles. The average Bonchev–Trinajstić information content (AvgIpc) is 3.09. The van der Waals surface area contributed by atoms with E-state index in [9.17, 15) is 4.79 Å². The highest BCUT2D eigenvalue weighted by Crippen LogP contribution is 2.28. The first kappa shape index (κ1) is 17.1. The van der Waals surface area contributed by atoms with Gasteiger partial charge in [-0.3, -0.25) is 5.10 Å². The highest BCUT2D eigenvalue weighted by molar-refractivity contribution is 6.35. The maximum absolute atomic E-state index is 12.5. The minimum atomic E-state index is -0.174. The van der Waals surface area contributed by atoms with Gasteiger partial charge >= 0.3 is 6.03 Å². The van der Waals surface area contributed by atoms with Gasteiger partial charge in [0.25, 0.3) is 0 Å². The molecule has 0 bridgehead atoms. The average molecular weight is 367 g/mol. The Bertz CT molecular complexity index is 697. The van der Waals surface area contributed by atoms with Gasteiger partial charge in [-0.25, -0.2) is 4.79 Å². The number of carbonyl (C=O) groups excluding carboxylic acids is 1. The number of carbonyl (C=O) groups is 1. The molecule has 2 aromatic rings. The molecule has 2 N–H and O–H groups in total. The number of likely N-dealkylation sites (tertiary alicyclic amines) is 1. The third-order valence-electron chi connectivity index (χ3n) is 4.51. The van der Waals surface area contributed by atoms with Crippen LogP contribution in [0.25, 0.3) is 0 Å². The zero-order valence-corrected chi connectivity index (χ0v) is 14.9. The summed E-state index contributed by atoms with van der Waals surface area (Å²) < 4.78 is 0. The van der Waals surface area contributed by atoms with Gasteiger partial charge in [-0.2, -0.15) is 5.10 Å². The lowest BCUT2D eigenvalue weighted by molar-refractivity contribution is 0.178. The van der Waals surface area contributed by atoms with E-state index in [-0.39, 0.29) is 12.1 Å². The third-order valence-corrected chi connectivity index (χ3v) is 5.08. The first-order valence-electron chi connectivity index (χ1n) is 8.04. The van der Waals surface area contributed by atoms with Crippen LogP contribution in [0, 0.1) is 0 Å². The molecular formula is C17H20Cl2N4O. The standard InChI is InChI=1S/C17H20Cl2N4O/c1-11(14-3-2-13(18)10-15(14)19)21-17(24)23-8-5-12(6-9-23)16-4-7-20-22-16/h2-4,7,10-12H,5-6,8-9H2,1H3,(H,20,22)(H,21,24)/t11-/m1/s1. The molecule has 0 saturated carbocycles. The Kier molecular flexibility index (Phi) is 5.31. The monoisotopic (exact) mass is 366 g/mol. The van der Waals surface area contributed by atoms with Crippen LogP contribution in [0.2, 0.25) is 10.0 Å². The Hall–Kier alpha value is -1.72. The quantitative estimate of drug-likeness (QED) is 0.847. The van der Waals surface area contributed by atoms with Crippen molar-refractivity contribution in [1.29, 1.82) is 0 Å². The largest absolute Gasteiger partial charge is 0.331 e. The van der Waals surface area contributed by atoms with E-state index in [0.29, 0.717) is 16.0 Å². The Balaban J connectivity index is 1.55. The van der Waals surface area contributed by atoms with Gasteiger partial charge < -0.3 is 10.2 Å². The van der Waals surface area contributed by atoms with Crippen molar-refractivity contribution in [3.63, 3.8) is 0 Å². The number of aromatic amines is 1. The predicted octanol–water partition coefficient (Wildman–Crippen LogP) is 4.37. The van der Waals surface area contributed by atoms with Crippen LogP contribution in [-0.2, 0) is 0 Å². The van der Waals surface area contributed by atoms with E-state index in [2.05, 4.69) is 15.5 Å². The smallest absolute Gasteiger partial charge is 0.317 e. The highest BCUT2D eigenvalue weighted by atomic mass is 35.5. The number of amides is 2. The molecule has 128 valence electrons. The molecule has 2 heterocycles. The fourth-order valence-electron chi connectivity index (χ4n) is 3.09. The Morgan fingerprint density at radius 1 is 1.33 bits per heavy atom. The molecule has 1 aliphatic rings. The maximum Gasteiger partial charge on any atom is 0.317 e. The number of rotatable bonds is 3. The minimum Gasteiger partial charge on any atom is -0.331 e. The van der Waals surface area contributed by atoms with Crippen LogP contribution in [0.3, 0.4) is 0 Å². The molecule has 24 heavy (non-hydrogen) atoms. The van der Waals surface area contributed by atoms with Gasteiger partial charge in [0.1, 0.15) is 0 Å². The van der Waals surface area contributed by atoms with Crippen LogP contribution in [0.5, 0.6) is 0 Å². The molecule has 1 saturated heterocycles. The molecule has 1 atom stereocenters. The molecule has 0 unspecified atom stereocenters. The molecule has 1 aromatic carbocycles. The van der Waals surface area contributed by atoms with E-state index >= 15 is 0 Å². The van der Waals surface area contributed by atoms with Gasteiger partial charge in [0, 0.05) is 40.9 Å². The van der Waals surface area contributed by atoms with Gasteiger partial charge in [-0.15, -0.1) is 0 Å². The SMILES string of the molecule is C[C@@H](NC(=O)N1CCC(c2ccn[nH]2)CC1)c1ccc(Cl)cc1Cl. The third kappa shape index (κ3) is 3.84. The van der Waals surface area contributed by atoms with Gasteiger partial charge in [0.2, 0.25) is 0 Å². The number of nitrogens with one attached hydrogen (secondary N) is 2. The number of benzene rings is 1. The number of hydrogen-bond acceptors (Lipinski definition) is 2. The summed E-state index contributed by atoms with van der Waals surface area (Å²) in [6.07, 6.45) is 3.64. The number of halogens is 2. The predicted molar refractivity (Wildman–Crippen MR) is 95.5 cm³/mol. The first-order valence-corrected chi connectivity index (χ1v) is 8.80. The van der Waals surface area contributed by atoms with Crippen LogP contribution in [0.1, 0.15) is 43.0 Å². The van der Waals surface area contributed by atoms with Gasteiger partial charge in [0.05, 0.1) is 6.04 Å².